The molecular weight excluding hydrogens is 326 g/mol. The summed E-state index contributed by atoms with van der Waals surface area (Å²) in [6, 6.07) is 9.21. The molecule has 0 spiro atoms. The van der Waals surface area contributed by atoms with Crippen LogP contribution in [0.1, 0.15) is 5.56 Å². The fourth-order valence-corrected chi connectivity index (χ4v) is 2.32. The number of aromatic nitrogens is 4. The molecule has 0 saturated heterocycles. The molecule has 0 amide bonds. The van der Waals surface area contributed by atoms with E-state index in [0.717, 1.165) is 11.1 Å². The number of benzene rings is 1. The van der Waals surface area contributed by atoms with Crippen molar-refractivity contribution in [3.8, 4) is 22.9 Å². The molecule has 0 aliphatic carbocycles. The number of rotatable bonds is 5. The van der Waals surface area contributed by atoms with Gasteiger partial charge >= 0.3 is 0 Å². The molecule has 1 aromatic carbocycles. The van der Waals surface area contributed by atoms with Gasteiger partial charge in [0.25, 0.3) is 0 Å². The second-order valence-corrected chi connectivity index (χ2v) is 5.15. The number of hydrogen-bond donors (Lipinski definition) is 1. The van der Waals surface area contributed by atoms with E-state index in [4.69, 9.17) is 21.7 Å². The number of methoxy groups -OCH3 is 2. The summed E-state index contributed by atoms with van der Waals surface area (Å²) in [5.74, 6) is 1.90. The van der Waals surface area contributed by atoms with Crippen LogP contribution in [0.5, 0.6) is 11.5 Å². The van der Waals surface area contributed by atoms with Gasteiger partial charge in [-0.1, -0.05) is 0 Å². The third-order valence-corrected chi connectivity index (χ3v) is 3.58. The molecule has 8 heteroatoms. The lowest BCUT2D eigenvalue weighted by atomic mass is 10.2. The Morgan fingerprint density at radius 1 is 1.12 bits per heavy atom. The zero-order chi connectivity index (χ0) is 16.9. The van der Waals surface area contributed by atoms with Crippen LogP contribution in [0.15, 0.2) is 47.8 Å². The first-order valence-electron chi connectivity index (χ1n) is 7.07. The van der Waals surface area contributed by atoms with Gasteiger partial charge in [-0.15, -0.1) is 0 Å². The lowest BCUT2D eigenvalue weighted by Crippen LogP contribution is -1.96. The summed E-state index contributed by atoms with van der Waals surface area (Å²) in [6.07, 6.45) is 5.06. The van der Waals surface area contributed by atoms with Gasteiger partial charge in [-0.05, 0) is 48.1 Å². The van der Waals surface area contributed by atoms with Gasteiger partial charge in [-0.25, -0.2) is 5.10 Å². The van der Waals surface area contributed by atoms with E-state index in [0.29, 0.717) is 22.1 Å². The van der Waals surface area contributed by atoms with Crippen LogP contribution in [0.25, 0.3) is 11.4 Å². The molecule has 0 unspecified atom stereocenters. The Bertz CT molecular complexity index is 918. The van der Waals surface area contributed by atoms with Crippen molar-refractivity contribution in [2.45, 2.75) is 0 Å². The summed E-state index contributed by atoms with van der Waals surface area (Å²) in [4.78, 5) is 4.00. The predicted molar refractivity (Wildman–Crippen MR) is 93.2 cm³/mol. The van der Waals surface area contributed by atoms with E-state index in [1.165, 1.54) is 0 Å². The molecule has 1 N–H and O–H groups in total. The number of nitrogens with zero attached hydrogens (tertiary/aromatic N) is 4. The van der Waals surface area contributed by atoms with Crippen LogP contribution >= 0.6 is 12.2 Å². The van der Waals surface area contributed by atoms with E-state index >= 15 is 0 Å². The first-order valence-corrected chi connectivity index (χ1v) is 7.48. The highest BCUT2D eigenvalue weighted by Crippen LogP contribution is 2.27. The van der Waals surface area contributed by atoms with Crippen LogP contribution in [0.3, 0.4) is 0 Å². The second kappa shape index (κ2) is 7.05. The summed E-state index contributed by atoms with van der Waals surface area (Å²) in [5.41, 5.74) is 1.71. The standard InChI is InChI=1S/C16H15N5O2S/c1-22-13-4-3-11(9-14(13)23-2)10-18-21-15(19-20-16(21)24)12-5-7-17-8-6-12/h3-10H,1-2H3,(H,20,24)/b18-10+. The van der Waals surface area contributed by atoms with Gasteiger partial charge in [0.15, 0.2) is 17.3 Å². The largest absolute Gasteiger partial charge is 0.493 e. The topological polar surface area (TPSA) is 77.3 Å². The normalized spacial score (nSPS) is 10.9. The van der Waals surface area contributed by atoms with Crippen molar-refractivity contribution < 1.29 is 9.47 Å². The molecule has 7 nitrogen and oxygen atoms in total. The first-order chi connectivity index (χ1) is 11.7. The van der Waals surface area contributed by atoms with Gasteiger partial charge < -0.3 is 9.47 Å². The van der Waals surface area contributed by atoms with Crippen LogP contribution in [-0.2, 0) is 0 Å². The highest BCUT2D eigenvalue weighted by atomic mass is 32.1. The minimum absolute atomic E-state index is 0.401. The van der Waals surface area contributed by atoms with Crippen molar-refractivity contribution >= 4 is 18.4 Å². The summed E-state index contributed by atoms with van der Waals surface area (Å²) in [6.45, 7) is 0. The van der Waals surface area contributed by atoms with Crippen molar-refractivity contribution in [3.63, 3.8) is 0 Å². The minimum Gasteiger partial charge on any atom is -0.493 e. The van der Waals surface area contributed by atoms with Gasteiger partial charge in [-0.3, -0.25) is 4.98 Å². The van der Waals surface area contributed by atoms with Gasteiger partial charge in [0.1, 0.15) is 0 Å². The summed E-state index contributed by atoms with van der Waals surface area (Å²) in [5, 5.41) is 11.4. The van der Waals surface area contributed by atoms with Crippen molar-refractivity contribution in [3.05, 3.63) is 53.1 Å². The van der Waals surface area contributed by atoms with Crippen LogP contribution in [0, 0.1) is 4.77 Å². The number of nitrogens with one attached hydrogen (secondary N) is 1. The molecule has 24 heavy (non-hydrogen) atoms. The Morgan fingerprint density at radius 3 is 2.58 bits per heavy atom. The molecule has 3 aromatic rings. The SMILES string of the molecule is COc1ccc(/C=N/n2c(-c3ccncc3)n[nH]c2=S)cc1OC. The van der Waals surface area contributed by atoms with Crippen LogP contribution < -0.4 is 9.47 Å². The maximum atomic E-state index is 5.29. The molecule has 122 valence electrons. The number of pyridine rings is 1. The van der Waals surface area contributed by atoms with Crippen molar-refractivity contribution in [1.29, 1.82) is 0 Å². The zero-order valence-corrected chi connectivity index (χ0v) is 13.9. The predicted octanol–water partition coefficient (Wildman–Crippen LogP) is 2.90. The summed E-state index contributed by atoms with van der Waals surface area (Å²) < 4.78 is 12.5. The molecular formula is C16H15N5O2S. The second-order valence-electron chi connectivity index (χ2n) is 4.76. The highest BCUT2D eigenvalue weighted by Gasteiger charge is 2.08. The number of aromatic amines is 1. The molecule has 2 aromatic heterocycles. The Morgan fingerprint density at radius 2 is 1.88 bits per heavy atom. The Balaban J connectivity index is 1.96. The molecule has 2 heterocycles. The van der Waals surface area contributed by atoms with Crippen LogP contribution in [0.4, 0.5) is 0 Å². The Hall–Kier alpha value is -3.00. The minimum atomic E-state index is 0.401. The molecule has 0 aliphatic rings. The number of H-pyrrole nitrogens is 1. The molecule has 0 saturated carbocycles. The van der Waals surface area contributed by atoms with Crippen LogP contribution in [0.2, 0.25) is 0 Å². The maximum Gasteiger partial charge on any atom is 0.216 e. The fraction of sp³-hybridized carbons (Fsp3) is 0.125. The smallest absolute Gasteiger partial charge is 0.216 e. The highest BCUT2D eigenvalue weighted by molar-refractivity contribution is 7.71. The summed E-state index contributed by atoms with van der Waals surface area (Å²) >= 11 is 5.25. The van der Waals surface area contributed by atoms with E-state index in [1.807, 2.05) is 30.3 Å². The lowest BCUT2D eigenvalue weighted by Gasteiger charge is -2.07. The van der Waals surface area contributed by atoms with Gasteiger partial charge in [-0.2, -0.15) is 14.9 Å². The molecule has 0 bridgehead atoms. The molecule has 0 fully saturated rings. The lowest BCUT2D eigenvalue weighted by molar-refractivity contribution is 0.355. The Labute approximate surface area is 143 Å². The molecule has 3 rings (SSSR count). The van der Waals surface area contributed by atoms with Crippen molar-refractivity contribution in [1.82, 2.24) is 19.9 Å². The van der Waals surface area contributed by atoms with Gasteiger partial charge in [0.05, 0.1) is 20.4 Å². The van der Waals surface area contributed by atoms with E-state index in [2.05, 4.69) is 20.3 Å². The van der Waals surface area contributed by atoms with E-state index in [-0.39, 0.29) is 0 Å². The van der Waals surface area contributed by atoms with E-state index in [1.54, 1.807) is 37.5 Å². The number of ether oxygens (including phenoxy) is 2. The molecule has 0 atom stereocenters. The maximum absolute atomic E-state index is 5.29. The molecule has 0 radical (unpaired) electrons. The fourth-order valence-electron chi connectivity index (χ4n) is 2.14. The van der Waals surface area contributed by atoms with E-state index < -0.39 is 0 Å². The monoisotopic (exact) mass is 341 g/mol. The average Bonchev–Trinajstić information content (AvgIpc) is 3.01. The van der Waals surface area contributed by atoms with Crippen LogP contribution in [-0.4, -0.2) is 40.3 Å². The van der Waals surface area contributed by atoms with E-state index in [9.17, 15) is 0 Å². The van der Waals surface area contributed by atoms with Crippen molar-refractivity contribution in [2.75, 3.05) is 14.2 Å². The van der Waals surface area contributed by atoms with Crippen molar-refractivity contribution in [2.24, 2.45) is 5.10 Å². The average molecular weight is 341 g/mol. The number of hydrogen-bond acceptors (Lipinski definition) is 6. The first kappa shape index (κ1) is 15.9. The van der Waals surface area contributed by atoms with Gasteiger partial charge in [0, 0.05) is 18.0 Å². The Kier molecular flexibility index (Phi) is 4.66. The zero-order valence-electron chi connectivity index (χ0n) is 13.1. The third kappa shape index (κ3) is 3.18. The molecule has 0 aliphatic heterocycles. The quantitative estimate of drug-likeness (QED) is 0.570. The summed E-state index contributed by atoms with van der Waals surface area (Å²) in [7, 11) is 3.18. The third-order valence-electron chi connectivity index (χ3n) is 3.32. The van der Waals surface area contributed by atoms with Gasteiger partial charge in [0.2, 0.25) is 4.77 Å².